The zero-order valence-corrected chi connectivity index (χ0v) is 17.9. The third-order valence-corrected chi connectivity index (χ3v) is 5.29. The number of aromatic nitrogens is 2. The molecule has 2 atom stereocenters. The Labute approximate surface area is 174 Å². The molecule has 8 nitrogen and oxygen atoms in total. The zero-order valence-electron chi connectivity index (χ0n) is 17.9. The fraction of sp³-hybridized carbons (Fsp3) is 0.409. The number of esters is 1. The molecule has 0 saturated heterocycles. The standard InChI is InChI=1S/C22H27N3O5/c1-12(2)11-30-21(27)16-13(3)23-19-18(20(26)25(5)22(28)24(19)4)17(16)14-7-9-15(29-6)10-8-14/h7-10,12,16-17,23H,3,11H2,1-2,4-6H3/t16-,17-/m0/s1. The number of carbonyl (C=O) groups excluding carboxylic acids is 1. The van der Waals surface area contributed by atoms with E-state index in [2.05, 4.69) is 11.9 Å². The van der Waals surface area contributed by atoms with Crippen molar-refractivity contribution < 1.29 is 14.3 Å². The normalized spacial score (nSPS) is 18.0. The average molecular weight is 413 g/mol. The highest BCUT2D eigenvalue weighted by Crippen LogP contribution is 2.42. The second-order valence-corrected chi connectivity index (χ2v) is 7.87. The van der Waals surface area contributed by atoms with Crippen LogP contribution in [0.15, 0.2) is 46.1 Å². The first-order chi connectivity index (χ1) is 14.2. The van der Waals surface area contributed by atoms with Gasteiger partial charge in [0.2, 0.25) is 0 Å². The molecule has 8 heteroatoms. The van der Waals surface area contributed by atoms with Gasteiger partial charge in [0.15, 0.2) is 0 Å². The highest BCUT2D eigenvalue weighted by atomic mass is 16.5. The van der Waals surface area contributed by atoms with Crippen LogP contribution in [-0.4, -0.2) is 28.8 Å². The summed E-state index contributed by atoms with van der Waals surface area (Å²) in [6.07, 6.45) is 0. The van der Waals surface area contributed by atoms with Gasteiger partial charge < -0.3 is 14.8 Å². The van der Waals surface area contributed by atoms with Crippen molar-refractivity contribution in [2.75, 3.05) is 19.0 Å². The van der Waals surface area contributed by atoms with Crippen molar-refractivity contribution in [1.29, 1.82) is 0 Å². The number of hydrogen-bond acceptors (Lipinski definition) is 6. The maximum absolute atomic E-state index is 13.1. The fourth-order valence-electron chi connectivity index (χ4n) is 3.69. The van der Waals surface area contributed by atoms with Crippen molar-refractivity contribution in [2.45, 2.75) is 19.8 Å². The molecule has 0 unspecified atom stereocenters. The molecule has 1 aliphatic rings. The van der Waals surface area contributed by atoms with Gasteiger partial charge in [-0.25, -0.2) is 4.79 Å². The van der Waals surface area contributed by atoms with Crippen LogP contribution in [-0.2, 0) is 23.6 Å². The summed E-state index contributed by atoms with van der Waals surface area (Å²) in [5, 5.41) is 3.01. The molecule has 0 aliphatic carbocycles. The van der Waals surface area contributed by atoms with Gasteiger partial charge in [0.1, 0.15) is 17.5 Å². The van der Waals surface area contributed by atoms with Gasteiger partial charge in [-0.15, -0.1) is 0 Å². The maximum atomic E-state index is 13.1. The quantitative estimate of drug-likeness (QED) is 0.754. The lowest BCUT2D eigenvalue weighted by Gasteiger charge is -2.35. The Bertz CT molecular complexity index is 1100. The summed E-state index contributed by atoms with van der Waals surface area (Å²) in [5.41, 5.74) is 0.495. The molecule has 0 spiro atoms. The molecule has 0 saturated carbocycles. The maximum Gasteiger partial charge on any atom is 0.332 e. The van der Waals surface area contributed by atoms with Gasteiger partial charge >= 0.3 is 11.7 Å². The van der Waals surface area contributed by atoms with Crippen LogP contribution in [0.2, 0.25) is 0 Å². The van der Waals surface area contributed by atoms with E-state index in [1.807, 2.05) is 13.8 Å². The van der Waals surface area contributed by atoms with Gasteiger partial charge in [0.25, 0.3) is 5.56 Å². The molecule has 0 bridgehead atoms. The van der Waals surface area contributed by atoms with Crippen molar-refractivity contribution in [1.82, 2.24) is 9.13 Å². The van der Waals surface area contributed by atoms with Crippen molar-refractivity contribution in [2.24, 2.45) is 25.9 Å². The summed E-state index contributed by atoms with van der Waals surface area (Å²) < 4.78 is 13.1. The Morgan fingerprint density at radius 2 is 1.80 bits per heavy atom. The van der Waals surface area contributed by atoms with E-state index in [0.717, 1.165) is 10.1 Å². The zero-order chi connectivity index (χ0) is 22.2. The van der Waals surface area contributed by atoms with Crippen LogP contribution < -0.4 is 21.3 Å². The summed E-state index contributed by atoms with van der Waals surface area (Å²) in [6.45, 7) is 8.17. The highest BCUT2D eigenvalue weighted by Gasteiger charge is 2.42. The molecule has 1 aromatic carbocycles. The Morgan fingerprint density at radius 1 is 1.17 bits per heavy atom. The summed E-state index contributed by atoms with van der Waals surface area (Å²) in [7, 11) is 4.56. The van der Waals surface area contributed by atoms with E-state index in [9.17, 15) is 14.4 Å². The molecule has 3 rings (SSSR count). The number of hydrogen-bond donors (Lipinski definition) is 1. The van der Waals surface area contributed by atoms with Gasteiger partial charge in [-0.3, -0.25) is 18.7 Å². The highest BCUT2D eigenvalue weighted by molar-refractivity contribution is 5.81. The smallest absolute Gasteiger partial charge is 0.332 e. The number of methoxy groups -OCH3 is 1. The lowest BCUT2D eigenvalue weighted by atomic mass is 9.77. The first-order valence-corrected chi connectivity index (χ1v) is 9.73. The first-order valence-electron chi connectivity index (χ1n) is 9.73. The Kier molecular flexibility index (Phi) is 5.87. The minimum absolute atomic E-state index is 0.166. The van der Waals surface area contributed by atoms with Crippen LogP contribution in [0, 0.1) is 11.8 Å². The van der Waals surface area contributed by atoms with Crippen LogP contribution in [0.25, 0.3) is 0 Å². The number of nitrogens with one attached hydrogen (secondary N) is 1. The number of carbonyl (C=O) groups is 1. The van der Waals surface area contributed by atoms with E-state index in [-0.39, 0.29) is 12.5 Å². The monoisotopic (exact) mass is 413 g/mol. The Balaban J connectivity index is 2.24. The molecule has 1 aromatic heterocycles. The predicted molar refractivity (Wildman–Crippen MR) is 114 cm³/mol. The van der Waals surface area contributed by atoms with Gasteiger partial charge in [-0.05, 0) is 23.6 Å². The fourth-order valence-corrected chi connectivity index (χ4v) is 3.69. The molecule has 2 aromatic rings. The topological polar surface area (TPSA) is 91.6 Å². The molecule has 1 N–H and O–H groups in total. The van der Waals surface area contributed by atoms with Crippen molar-refractivity contribution >= 4 is 11.8 Å². The summed E-state index contributed by atoms with van der Waals surface area (Å²) in [4.78, 5) is 38.6. The first kappa shape index (κ1) is 21.4. The van der Waals surface area contributed by atoms with E-state index in [1.54, 1.807) is 38.4 Å². The average Bonchev–Trinajstić information content (AvgIpc) is 2.73. The van der Waals surface area contributed by atoms with E-state index in [0.29, 0.717) is 22.8 Å². The SMILES string of the molecule is C=C1Nc2c(c(=O)n(C)c(=O)n2C)[C@@H](c2ccc(OC)cc2)[C@H]1C(=O)OCC(C)C. The van der Waals surface area contributed by atoms with Crippen molar-refractivity contribution in [3.8, 4) is 5.75 Å². The molecular weight excluding hydrogens is 386 g/mol. The van der Waals surface area contributed by atoms with Crippen LogP contribution in [0.3, 0.4) is 0 Å². The number of fused-ring (bicyclic) bond motifs is 1. The van der Waals surface area contributed by atoms with Crippen LogP contribution in [0.1, 0.15) is 30.9 Å². The largest absolute Gasteiger partial charge is 0.497 e. The van der Waals surface area contributed by atoms with Crippen LogP contribution in [0.5, 0.6) is 5.75 Å². The summed E-state index contributed by atoms with van der Waals surface area (Å²) in [6, 6.07) is 7.14. The second kappa shape index (κ2) is 8.22. The lowest BCUT2D eigenvalue weighted by molar-refractivity contribution is -0.148. The number of benzene rings is 1. The lowest BCUT2D eigenvalue weighted by Crippen LogP contribution is -2.46. The minimum Gasteiger partial charge on any atom is -0.497 e. The van der Waals surface area contributed by atoms with E-state index >= 15 is 0 Å². The molecule has 1 aliphatic heterocycles. The molecular formula is C22H27N3O5. The number of nitrogens with zero attached hydrogens (tertiary/aromatic N) is 2. The van der Waals surface area contributed by atoms with E-state index in [4.69, 9.17) is 9.47 Å². The second-order valence-electron chi connectivity index (χ2n) is 7.87. The number of anilines is 1. The van der Waals surface area contributed by atoms with Gasteiger partial charge in [0.05, 0.1) is 19.3 Å². The molecule has 2 heterocycles. The minimum atomic E-state index is -0.824. The van der Waals surface area contributed by atoms with Crippen LogP contribution >= 0.6 is 0 Å². The Hall–Kier alpha value is -3.29. The summed E-state index contributed by atoms with van der Waals surface area (Å²) >= 11 is 0. The summed E-state index contributed by atoms with van der Waals surface area (Å²) in [5.74, 6) is -0.803. The third kappa shape index (κ3) is 3.65. The molecule has 0 fully saturated rings. The molecule has 160 valence electrons. The number of ether oxygens (including phenoxy) is 2. The molecule has 30 heavy (non-hydrogen) atoms. The third-order valence-electron chi connectivity index (χ3n) is 5.29. The molecule has 0 radical (unpaired) electrons. The number of rotatable bonds is 5. The van der Waals surface area contributed by atoms with Crippen molar-refractivity contribution in [3.63, 3.8) is 0 Å². The van der Waals surface area contributed by atoms with Gasteiger partial charge in [-0.2, -0.15) is 0 Å². The molecule has 0 amide bonds. The Morgan fingerprint density at radius 3 is 2.37 bits per heavy atom. The van der Waals surface area contributed by atoms with Crippen LogP contribution in [0.4, 0.5) is 5.82 Å². The van der Waals surface area contributed by atoms with E-state index in [1.165, 1.54) is 11.6 Å². The van der Waals surface area contributed by atoms with Gasteiger partial charge in [-0.1, -0.05) is 32.6 Å². The van der Waals surface area contributed by atoms with E-state index < -0.39 is 29.1 Å². The predicted octanol–water partition coefficient (Wildman–Crippen LogP) is 1.98. The van der Waals surface area contributed by atoms with Crippen molar-refractivity contribution in [3.05, 3.63) is 68.5 Å². The van der Waals surface area contributed by atoms with Gasteiger partial charge in [0, 0.05) is 25.7 Å².